The Labute approximate surface area is 129 Å². The summed E-state index contributed by atoms with van der Waals surface area (Å²) in [5.41, 5.74) is 0.482. The predicted octanol–water partition coefficient (Wildman–Crippen LogP) is 2.75. The Hall–Kier alpha value is -1.11. The normalized spacial score (nSPS) is 22.8. The summed E-state index contributed by atoms with van der Waals surface area (Å²) < 4.78 is 22.5. The van der Waals surface area contributed by atoms with Gasteiger partial charge in [0.1, 0.15) is 4.90 Å². The smallest absolute Gasteiger partial charge is 0.239 e. The van der Waals surface area contributed by atoms with Crippen molar-refractivity contribution in [1.82, 2.24) is 0 Å². The van der Waals surface area contributed by atoms with Crippen LogP contribution in [0.25, 0.3) is 0 Å². The molecule has 1 aliphatic rings. The molecule has 0 radical (unpaired) electrons. The number of hydrogen-bond acceptors (Lipinski definition) is 3. The predicted molar refractivity (Wildman–Crippen MR) is 82.6 cm³/mol. The van der Waals surface area contributed by atoms with Gasteiger partial charge in [-0.15, -0.1) is 0 Å². The summed E-state index contributed by atoms with van der Waals surface area (Å²) in [6.45, 7) is 2.19. The fourth-order valence-electron chi connectivity index (χ4n) is 2.58. The average molecular weight is 331 g/mol. The molecule has 0 bridgehead atoms. The fourth-order valence-corrected chi connectivity index (χ4v) is 3.67. The number of primary sulfonamides is 1. The van der Waals surface area contributed by atoms with Gasteiger partial charge in [0, 0.05) is 11.6 Å². The van der Waals surface area contributed by atoms with Gasteiger partial charge in [0.05, 0.1) is 5.02 Å². The van der Waals surface area contributed by atoms with E-state index in [1.54, 1.807) is 0 Å². The first-order valence-corrected chi connectivity index (χ1v) is 8.83. The number of amides is 1. The van der Waals surface area contributed by atoms with Crippen molar-refractivity contribution in [1.29, 1.82) is 0 Å². The van der Waals surface area contributed by atoms with Crippen molar-refractivity contribution < 1.29 is 13.2 Å². The number of nitrogens with one attached hydrogen (secondary N) is 1. The highest BCUT2D eigenvalue weighted by molar-refractivity contribution is 7.89. The van der Waals surface area contributed by atoms with Crippen molar-refractivity contribution in [3.63, 3.8) is 0 Å². The molecule has 5 nitrogen and oxygen atoms in total. The lowest BCUT2D eigenvalue weighted by Gasteiger charge is -2.25. The highest BCUT2D eigenvalue weighted by atomic mass is 35.5. The molecule has 116 valence electrons. The molecule has 1 aliphatic carbocycles. The first kappa shape index (κ1) is 16.3. The lowest BCUT2D eigenvalue weighted by Crippen LogP contribution is -2.26. The van der Waals surface area contributed by atoms with Crippen molar-refractivity contribution in [2.75, 3.05) is 5.32 Å². The van der Waals surface area contributed by atoms with Gasteiger partial charge >= 0.3 is 0 Å². The number of rotatable bonds is 3. The van der Waals surface area contributed by atoms with Crippen LogP contribution in [0.1, 0.15) is 32.6 Å². The van der Waals surface area contributed by atoms with E-state index in [2.05, 4.69) is 12.2 Å². The van der Waals surface area contributed by atoms with Crippen molar-refractivity contribution in [2.45, 2.75) is 37.5 Å². The van der Waals surface area contributed by atoms with E-state index in [1.165, 1.54) is 18.2 Å². The van der Waals surface area contributed by atoms with E-state index in [4.69, 9.17) is 16.7 Å². The van der Waals surface area contributed by atoms with E-state index in [-0.39, 0.29) is 21.7 Å². The zero-order valence-electron chi connectivity index (χ0n) is 11.8. The number of nitrogens with two attached hydrogens (primary N) is 1. The third-order valence-electron chi connectivity index (χ3n) is 3.89. The molecule has 7 heteroatoms. The van der Waals surface area contributed by atoms with E-state index < -0.39 is 10.0 Å². The molecule has 0 saturated heterocycles. The molecule has 0 heterocycles. The molecule has 0 aliphatic heterocycles. The summed E-state index contributed by atoms with van der Waals surface area (Å²) in [5, 5.41) is 7.83. The summed E-state index contributed by atoms with van der Waals surface area (Å²) in [4.78, 5) is 12.0. The van der Waals surface area contributed by atoms with Crippen LogP contribution in [0.15, 0.2) is 23.1 Å². The summed E-state index contributed by atoms with van der Waals surface area (Å²) >= 11 is 5.89. The van der Waals surface area contributed by atoms with E-state index in [0.717, 1.165) is 25.7 Å². The van der Waals surface area contributed by atoms with Gasteiger partial charge in [0.2, 0.25) is 15.9 Å². The SMILES string of the molecule is CC1CCC(C(=O)Nc2ccc(S(N)(=O)=O)c(Cl)c2)CC1. The Balaban J connectivity index is 2.07. The maximum Gasteiger partial charge on any atom is 0.239 e. The number of hydrogen-bond donors (Lipinski definition) is 2. The summed E-state index contributed by atoms with van der Waals surface area (Å²) in [6, 6.07) is 4.20. The van der Waals surface area contributed by atoms with Crippen LogP contribution in [-0.4, -0.2) is 14.3 Å². The molecule has 1 amide bonds. The maximum absolute atomic E-state index is 12.2. The zero-order valence-corrected chi connectivity index (χ0v) is 13.4. The Morgan fingerprint density at radius 2 is 1.90 bits per heavy atom. The molecule has 1 saturated carbocycles. The maximum atomic E-state index is 12.2. The third-order valence-corrected chi connectivity index (χ3v) is 5.29. The second kappa shape index (κ2) is 6.34. The Morgan fingerprint density at radius 1 is 1.29 bits per heavy atom. The van der Waals surface area contributed by atoms with Gasteiger partial charge in [-0.25, -0.2) is 13.6 Å². The van der Waals surface area contributed by atoms with Crippen molar-refractivity contribution in [3.8, 4) is 0 Å². The van der Waals surface area contributed by atoms with Gasteiger partial charge in [-0.1, -0.05) is 18.5 Å². The van der Waals surface area contributed by atoms with Gasteiger partial charge in [-0.2, -0.15) is 0 Å². The molecule has 21 heavy (non-hydrogen) atoms. The van der Waals surface area contributed by atoms with Gasteiger partial charge in [0.15, 0.2) is 0 Å². The highest BCUT2D eigenvalue weighted by Crippen LogP contribution is 2.30. The van der Waals surface area contributed by atoms with Crippen LogP contribution < -0.4 is 10.5 Å². The zero-order chi connectivity index (χ0) is 15.6. The minimum Gasteiger partial charge on any atom is -0.326 e. The van der Waals surface area contributed by atoms with Crippen LogP contribution >= 0.6 is 11.6 Å². The molecular formula is C14H19ClN2O3S. The second-order valence-corrected chi connectivity index (χ2v) is 7.57. The summed E-state index contributed by atoms with van der Waals surface area (Å²) in [5.74, 6) is 0.650. The Bertz CT molecular complexity index is 638. The molecular weight excluding hydrogens is 312 g/mol. The molecule has 1 fully saturated rings. The van der Waals surface area contributed by atoms with Crippen LogP contribution in [0, 0.1) is 11.8 Å². The molecule has 3 N–H and O–H groups in total. The number of carbonyl (C=O) groups excluding carboxylic acids is 1. The van der Waals surface area contributed by atoms with Crippen molar-refractivity contribution in [3.05, 3.63) is 23.2 Å². The number of benzene rings is 1. The number of sulfonamides is 1. The van der Waals surface area contributed by atoms with Crippen LogP contribution in [0.3, 0.4) is 0 Å². The number of halogens is 1. The highest BCUT2D eigenvalue weighted by Gasteiger charge is 2.24. The Kier molecular flexibility index (Phi) is 4.91. The first-order valence-electron chi connectivity index (χ1n) is 6.90. The van der Waals surface area contributed by atoms with Crippen LogP contribution in [-0.2, 0) is 14.8 Å². The summed E-state index contributed by atoms with van der Waals surface area (Å²) in [7, 11) is -3.85. The first-order chi connectivity index (χ1) is 9.77. The number of anilines is 1. The standard InChI is InChI=1S/C14H19ClN2O3S/c1-9-2-4-10(5-3-9)14(18)17-11-6-7-13(12(15)8-11)21(16,19)20/h6-10H,2-5H2,1H3,(H,17,18)(H2,16,19,20). The molecule has 0 unspecified atom stereocenters. The molecule has 0 spiro atoms. The lowest BCUT2D eigenvalue weighted by atomic mass is 9.82. The molecule has 0 atom stereocenters. The monoisotopic (exact) mass is 330 g/mol. The van der Waals surface area contributed by atoms with Gasteiger partial charge < -0.3 is 5.32 Å². The largest absolute Gasteiger partial charge is 0.326 e. The quantitative estimate of drug-likeness (QED) is 0.893. The minimum atomic E-state index is -3.85. The average Bonchev–Trinajstić information content (AvgIpc) is 2.37. The van der Waals surface area contributed by atoms with Crippen LogP contribution in [0.2, 0.25) is 5.02 Å². The van der Waals surface area contributed by atoms with Gasteiger partial charge in [-0.05, 0) is 49.8 Å². The molecule has 1 aromatic rings. The van der Waals surface area contributed by atoms with Gasteiger partial charge in [0.25, 0.3) is 0 Å². The minimum absolute atomic E-state index is 0.00701. The third kappa shape index (κ3) is 4.18. The topological polar surface area (TPSA) is 89.3 Å². The molecule has 0 aromatic heterocycles. The van der Waals surface area contributed by atoms with Gasteiger partial charge in [-0.3, -0.25) is 4.79 Å². The van der Waals surface area contributed by atoms with E-state index >= 15 is 0 Å². The van der Waals surface area contributed by atoms with E-state index in [0.29, 0.717) is 11.6 Å². The van der Waals surface area contributed by atoms with Crippen LogP contribution in [0.5, 0.6) is 0 Å². The fraction of sp³-hybridized carbons (Fsp3) is 0.500. The lowest BCUT2D eigenvalue weighted by molar-refractivity contribution is -0.121. The summed E-state index contributed by atoms with van der Waals surface area (Å²) in [6.07, 6.45) is 3.89. The molecule has 2 rings (SSSR count). The molecule has 1 aromatic carbocycles. The van der Waals surface area contributed by atoms with Crippen molar-refractivity contribution >= 4 is 33.2 Å². The van der Waals surface area contributed by atoms with E-state index in [1.807, 2.05) is 0 Å². The van der Waals surface area contributed by atoms with Crippen molar-refractivity contribution in [2.24, 2.45) is 17.0 Å². The Morgan fingerprint density at radius 3 is 2.43 bits per heavy atom. The number of carbonyl (C=O) groups is 1. The second-order valence-electron chi connectivity index (χ2n) is 5.64. The van der Waals surface area contributed by atoms with E-state index in [9.17, 15) is 13.2 Å². The van der Waals surface area contributed by atoms with Crippen LogP contribution in [0.4, 0.5) is 5.69 Å².